The molecule has 4 bridgehead atoms. The molecule has 1 aromatic heterocycles. The molecule has 0 fully saturated rings. The van der Waals surface area contributed by atoms with Crippen LogP contribution in [0.5, 0.6) is 0 Å². The minimum Gasteiger partial charge on any atom is -0.364 e. The molecule has 5 heteroatoms. The fraction of sp³-hybridized carbons (Fsp3) is 0.500. The largest absolute Gasteiger partial charge is 0.364 e. The second kappa shape index (κ2) is 8.28. The smallest absolute Gasteiger partial charge is 0.152 e. The molecule has 0 saturated carbocycles. The summed E-state index contributed by atoms with van der Waals surface area (Å²) in [5.41, 5.74) is 5.69. The predicted octanol–water partition coefficient (Wildman–Crippen LogP) is 4.96. The van der Waals surface area contributed by atoms with Gasteiger partial charge in [-0.25, -0.2) is 4.39 Å². The van der Waals surface area contributed by atoms with E-state index in [1.165, 1.54) is 11.1 Å². The quantitative estimate of drug-likeness (QED) is 0.758. The SMILES string of the molecule is CCc1cc2c[nH]cnnc1NCC1=C(F)CCC(=C1C)CCCC2. The lowest BCUT2D eigenvalue weighted by atomic mass is 9.88. The van der Waals surface area contributed by atoms with Crippen molar-refractivity contribution in [3.63, 3.8) is 0 Å². The highest BCUT2D eigenvalue weighted by molar-refractivity contribution is 5.48. The van der Waals surface area contributed by atoms with E-state index < -0.39 is 0 Å². The Hall–Kier alpha value is -2.17. The molecule has 3 rings (SSSR count). The summed E-state index contributed by atoms with van der Waals surface area (Å²) in [5.74, 6) is 0.743. The summed E-state index contributed by atoms with van der Waals surface area (Å²) in [6, 6.07) is 2.19. The number of anilines is 1. The van der Waals surface area contributed by atoms with Crippen molar-refractivity contribution < 1.29 is 4.39 Å². The van der Waals surface area contributed by atoms with E-state index in [-0.39, 0.29) is 5.83 Å². The van der Waals surface area contributed by atoms with Crippen LogP contribution in [0, 0.1) is 0 Å². The number of hydrogen-bond donors (Lipinski definition) is 2. The maximum Gasteiger partial charge on any atom is 0.152 e. The van der Waals surface area contributed by atoms with Crippen molar-refractivity contribution in [2.75, 3.05) is 11.9 Å². The van der Waals surface area contributed by atoms with Crippen LogP contribution < -0.4 is 5.32 Å². The Bertz CT molecular complexity index is 744. The fourth-order valence-electron chi connectivity index (χ4n) is 3.62. The first-order valence-electron chi connectivity index (χ1n) is 9.25. The van der Waals surface area contributed by atoms with Gasteiger partial charge in [-0.15, -0.1) is 10.2 Å². The van der Waals surface area contributed by atoms with Crippen LogP contribution in [0.3, 0.4) is 0 Å². The van der Waals surface area contributed by atoms with Gasteiger partial charge in [-0.1, -0.05) is 18.6 Å². The zero-order chi connectivity index (χ0) is 17.6. The number of halogens is 1. The lowest BCUT2D eigenvalue weighted by Gasteiger charge is -2.22. The van der Waals surface area contributed by atoms with Crippen LogP contribution in [-0.2, 0) is 12.8 Å². The second-order valence-electron chi connectivity index (χ2n) is 6.77. The summed E-state index contributed by atoms with van der Waals surface area (Å²) in [7, 11) is 0. The topological polar surface area (TPSA) is 53.6 Å². The van der Waals surface area contributed by atoms with E-state index in [0.717, 1.165) is 61.1 Å². The maximum atomic E-state index is 14.4. The molecule has 25 heavy (non-hydrogen) atoms. The summed E-state index contributed by atoms with van der Waals surface area (Å²) in [6.45, 7) is 4.63. The Kier molecular flexibility index (Phi) is 5.84. The van der Waals surface area contributed by atoms with Crippen molar-refractivity contribution in [1.29, 1.82) is 0 Å². The Morgan fingerprint density at radius 3 is 2.84 bits per heavy atom. The summed E-state index contributed by atoms with van der Waals surface area (Å²) in [4.78, 5) is 3.08. The van der Waals surface area contributed by atoms with Crippen molar-refractivity contribution in [2.45, 2.75) is 58.8 Å². The number of hydrogen-bond acceptors (Lipinski definition) is 3. The average molecular weight is 342 g/mol. The first kappa shape index (κ1) is 17.6. The van der Waals surface area contributed by atoms with Crippen LogP contribution in [0.1, 0.15) is 57.1 Å². The Balaban J connectivity index is 2.06. The molecule has 2 heterocycles. The third kappa shape index (κ3) is 4.27. The van der Waals surface area contributed by atoms with Crippen LogP contribution in [0.2, 0.25) is 0 Å². The molecular formula is C20H27FN4. The van der Waals surface area contributed by atoms with Gasteiger partial charge in [0.05, 0.1) is 0 Å². The zero-order valence-corrected chi connectivity index (χ0v) is 15.2. The molecule has 0 amide bonds. The van der Waals surface area contributed by atoms with Crippen molar-refractivity contribution in [1.82, 2.24) is 15.2 Å². The van der Waals surface area contributed by atoms with E-state index in [0.29, 0.717) is 13.0 Å². The normalized spacial score (nSPS) is 18.0. The summed E-state index contributed by atoms with van der Waals surface area (Å²) >= 11 is 0. The molecule has 0 spiro atoms. The number of nitrogens with one attached hydrogen (secondary N) is 2. The second-order valence-corrected chi connectivity index (χ2v) is 6.77. The summed E-state index contributed by atoms with van der Waals surface area (Å²) in [6.07, 6.45) is 10.2. The van der Waals surface area contributed by atoms with Crippen LogP contribution in [0.4, 0.5) is 10.2 Å². The molecule has 2 aliphatic rings. The number of fused-ring (bicyclic) bond motifs is 4. The van der Waals surface area contributed by atoms with Gasteiger partial charge < -0.3 is 10.3 Å². The number of H-pyrrole nitrogens is 1. The highest BCUT2D eigenvalue weighted by atomic mass is 19.1. The van der Waals surface area contributed by atoms with Gasteiger partial charge in [-0.3, -0.25) is 0 Å². The maximum absolute atomic E-state index is 14.4. The summed E-state index contributed by atoms with van der Waals surface area (Å²) < 4.78 is 14.4. The van der Waals surface area contributed by atoms with Gasteiger partial charge in [-0.2, -0.15) is 0 Å². The molecule has 4 nitrogen and oxygen atoms in total. The molecule has 0 aromatic carbocycles. The fourth-order valence-corrected chi connectivity index (χ4v) is 3.62. The summed E-state index contributed by atoms with van der Waals surface area (Å²) in [5, 5.41) is 11.7. The van der Waals surface area contributed by atoms with Crippen LogP contribution in [0.15, 0.2) is 41.1 Å². The van der Waals surface area contributed by atoms with Crippen LogP contribution in [-0.4, -0.2) is 21.7 Å². The minimum atomic E-state index is 0.0140. The third-order valence-electron chi connectivity index (χ3n) is 5.19. The highest BCUT2D eigenvalue weighted by Gasteiger charge is 2.19. The molecule has 0 unspecified atom stereocenters. The zero-order valence-electron chi connectivity index (χ0n) is 15.2. The molecule has 1 aliphatic carbocycles. The standard InChI is InChI=1S/C20H27FN4/c1-3-16-10-15-6-4-5-7-17-8-9-19(21)18(14(17)2)12-23-20(16)25-24-13-22-11-15/h10-11,13H,3-9,12H2,1-2H3,(H,22,24)(H,23,25). The predicted molar refractivity (Wildman–Crippen MR) is 99.5 cm³/mol. The van der Waals surface area contributed by atoms with Gasteiger partial charge in [0.2, 0.25) is 0 Å². The number of rotatable bonds is 1. The molecule has 1 aromatic rings. The molecule has 2 N–H and O–H groups in total. The first-order valence-corrected chi connectivity index (χ1v) is 9.25. The van der Waals surface area contributed by atoms with Gasteiger partial charge in [0.15, 0.2) is 5.82 Å². The van der Waals surface area contributed by atoms with E-state index >= 15 is 0 Å². The van der Waals surface area contributed by atoms with E-state index in [2.05, 4.69) is 40.4 Å². The lowest BCUT2D eigenvalue weighted by Crippen LogP contribution is -2.13. The lowest BCUT2D eigenvalue weighted by molar-refractivity contribution is 0.557. The van der Waals surface area contributed by atoms with Crippen LogP contribution >= 0.6 is 0 Å². The molecule has 0 saturated heterocycles. The van der Waals surface area contributed by atoms with E-state index in [1.54, 1.807) is 6.33 Å². The number of nitrogens with zero attached hydrogens (tertiary/aromatic N) is 2. The van der Waals surface area contributed by atoms with E-state index in [9.17, 15) is 4.39 Å². The Morgan fingerprint density at radius 1 is 1.16 bits per heavy atom. The van der Waals surface area contributed by atoms with Gasteiger partial charge in [0.1, 0.15) is 12.2 Å². The van der Waals surface area contributed by atoms with Crippen LogP contribution in [0.25, 0.3) is 0 Å². The third-order valence-corrected chi connectivity index (χ3v) is 5.19. The van der Waals surface area contributed by atoms with Gasteiger partial charge in [-0.05, 0) is 62.1 Å². The Labute approximate surface area is 149 Å². The molecule has 0 atom stereocenters. The average Bonchev–Trinajstić information content (AvgIpc) is 2.70. The number of aromatic amines is 1. The molecular weight excluding hydrogens is 315 g/mol. The molecule has 1 aliphatic heterocycles. The highest BCUT2D eigenvalue weighted by Crippen LogP contribution is 2.34. The molecule has 0 radical (unpaired) electrons. The molecule has 134 valence electrons. The van der Waals surface area contributed by atoms with Gasteiger partial charge in [0.25, 0.3) is 0 Å². The monoisotopic (exact) mass is 342 g/mol. The number of aryl methyl sites for hydroxylation is 2. The van der Waals surface area contributed by atoms with Crippen molar-refractivity contribution in [3.05, 3.63) is 52.3 Å². The van der Waals surface area contributed by atoms with Gasteiger partial charge >= 0.3 is 0 Å². The number of allylic oxidation sites excluding steroid dienone is 2. The number of aromatic nitrogens is 3. The van der Waals surface area contributed by atoms with E-state index in [4.69, 9.17) is 0 Å². The minimum absolute atomic E-state index is 0.0140. The van der Waals surface area contributed by atoms with Crippen molar-refractivity contribution >= 4 is 5.82 Å². The van der Waals surface area contributed by atoms with E-state index in [1.807, 2.05) is 6.20 Å². The van der Waals surface area contributed by atoms with Gasteiger partial charge in [0, 0.05) is 24.7 Å². The van der Waals surface area contributed by atoms with Crippen molar-refractivity contribution in [2.24, 2.45) is 0 Å². The Morgan fingerprint density at radius 2 is 2.00 bits per heavy atom. The first-order chi connectivity index (χ1) is 12.2. The van der Waals surface area contributed by atoms with Crippen molar-refractivity contribution in [3.8, 4) is 0 Å².